The summed E-state index contributed by atoms with van der Waals surface area (Å²) in [6.45, 7) is 20.8. The molecule has 0 fully saturated rings. The van der Waals surface area contributed by atoms with Crippen molar-refractivity contribution < 1.29 is 29.3 Å². The minimum absolute atomic E-state index is 0.0469. The van der Waals surface area contributed by atoms with E-state index in [2.05, 4.69) is 41.5 Å². The van der Waals surface area contributed by atoms with Crippen LogP contribution in [0.2, 0.25) is 0 Å². The first-order valence-electron chi connectivity index (χ1n) is 9.94. The lowest BCUT2D eigenvalue weighted by Gasteiger charge is -2.35. The molecule has 0 aliphatic carbocycles. The fraction of sp³-hybridized carbons (Fsp3) is 0.909. The van der Waals surface area contributed by atoms with Gasteiger partial charge in [-0.1, -0.05) is 69.2 Å². The Bertz CT molecular complexity index is 474. The van der Waals surface area contributed by atoms with Crippen molar-refractivity contribution in [3.05, 3.63) is 0 Å². The third kappa shape index (κ3) is 11.6. The summed E-state index contributed by atoms with van der Waals surface area (Å²) in [6.07, 6.45) is -1.49. The predicted octanol–water partition coefficient (Wildman–Crippen LogP) is 4.85. The van der Waals surface area contributed by atoms with Crippen molar-refractivity contribution in [1.82, 2.24) is 0 Å². The smallest absolute Gasteiger partial charge is 0.336 e. The highest BCUT2D eigenvalue weighted by Crippen LogP contribution is 2.35. The topological polar surface area (TPSA) is 93.1 Å². The van der Waals surface area contributed by atoms with Crippen molar-refractivity contribution in [3.63, 3.8) is 0 Å². The molecule has 2 atom stereocenters. The molecule has 0 rings (SSSR count). The highest BCUT2D eigenvalue weighted by atomic mass is 16.6. The Kier molecular flexibility index (Phi) is 9.18. The Balaban J connectivity index is 5.20. The lowest BCUT2D eigenvalue weighted by molar-refractivity contribution is -0.183. The van der Waals surface area contributed by atoms with Gasteiger partial charge in [0.25, 0.3) is 0 Å². The van der Waals surface area contributed by atoms with E-state index in [9.17, 15) is 19.8 Å². The molecule has 6 heteroatoms. The van der Waals surface area contributed by atoms with Gasteiger partial charge in [-0.25, -0.2) is 9.59 Å². The van der Waals surface area contributed by atoms with E-state index in [1.807, 2.05) is 27.7 Å². The van der Waals surface area contributed by atoms with E-state index >= 15 is 0 Å². The summed E-state index contributed by atoms with van der Waals surface area (Å²) in [4.78, 5) is 23.5. The van der Waals surface area contributed by atoms with Crippen LogP contribution in [0.15, 0.2) is 0 Å². The molecule has 0 saturated carbocycles. The third-order valence-electron chi connectivity index (χ3n) is 4.09. The molecule has 0 aliphatic rings. The second-order valence-electron chi connectivity index (χ2n) is 11.9. The number of hydrogen-bond donors (Lipinski definition) is 2. The summed E-state index contributed by atoms with van der Waals surface area (Å²) < 4.78 is 11.2. The van der Waals surface area contributed by atoms with Gasteiger partial charge in [0.1, 0.15) is 0 Å². The molecule has 6 nitrogen and oxygen atoms in total. The van der Waals surface area contributed by atoms with Crippen LogP contribution in [-0.2, 0) is 19.1 Å². The lowest BCUT2D eigenvalue weighted by Crippen LogP contribution is -2.46. The molecule has 0 aromatic carbocycles. The van der Waals surface area contributed by atoms with E-state index in [1.165, 1.54) is 0 Å². The second kappa shape index (κ2) is 9.57. The van der Waals surface area contributed by atoms with Crippen LogP contribution < -0.4 is 0 Å². The minimum atomic E-state index is -1.55. The number of carboxylic acid groups (broad SMARTS) is 2. The van der Waals surface area contributed by atoms with Crippen molar-refractivity contribution in [2.75, 3.05) is 13.2 Å². The summed E-state index contributed by atoms with van der Waals surface area (Å²) in [5, 5.41) is 19.1. The number of aliphatic carboxylic acids is 2. The molecule has 0 spiro atoms. The van der Waals surface area contributed by atoms with Crippen molar-refractivity contribution in [3.8, 4) is 0 Å². The summed E-state index contributed by atoms with van der Waals surface area (Å²) in [5.74, 6) is -2.65. The van der Waals surface area contributed by atoms with Crippen LogP contribution in [0, 0.1) is 21.7 Å². The van der Waals surface area contributed by atoms with Gasteiger partial charge in [0.05, 0.1) is 13.2 Å². The van der Waals surface area contributed by atoms with Gasteiger partial charge >= 0.3 is 11.9 Å². The van der Waals surface area contributed by atoms with Crippen molar-refractivity contribution in [2.45, 2.75) is 94.3 Å². The van der Waals surface area contributed by atoms with Crippen LogP contribution in [0.5, 0.6) is 0 Å². The summed E-state index contributed by atoms with van der Waals surface area (Å²) in [6, 6.07) is 0. The van der Waals surface area contributed by atoms with E-state index in [1.54, 1.807) is 0 Å². The molecule has 0 bridgehead atoms. The van der Waals surface area contributed by atoms with Crippen molar-refractivity contribution in [2.24, 2.45) is 21.7 Å². The molecule has 28 heavy (non-hydrogen) atoms. The van der Waals surface area contributed by atoms with Gasteiger partial charge in [-0.2, -0.15) is 0 Å². The highest BCUT2D eigenvalue weighted by Gasteiger charge is 2.39. The Labute approximate surface area is 171 Å². The van der Waals surface area contributed by atoms with E-state index in [0.29, 0.717) is 0 Å². The zero-order chi connectivity index (χ0) is 22.6. The van der Waals surface area contributed by atoms with Crippen LogP contribution in [0.25, 0.3) is 0 Å². The number of ether oxygens (including phenoxy) is 2. The number of carboxylic acids is 2. The maximum atomic E-state index is 11.7. The molecule has 166 valence electrons. The Hall–Kier alpha value is -1.14. The van der Waals surface area contributed by atoms with Gasteiger partial charge in [0.2, 0.25) is 0 Å². The monoisotopic (exact) mass is 402 g/mol. The van der Waals surface area contributed by atoms with Crippen LogP contribution in [0.3, 0.4) is 0 Å². The molecule has 0 aliphatic heterocycles. The number of hydrogen-bond acceptors (Lipinski definition) is 4. The maximum Gasteiger partial charge on any atom is 0.336 e. The molecule has 0 aromatic heterocycles. The molecule has 2 unspecified atom stereocenters. The Morgan fingerprint density at radius 3 is 1.07 bits per heavy atom. The van der Waals surface area contributed by atoms with Crippen LogP contribution >= 0.6 is 0 Å². The molecule has 0 amide bonds. The largest absolute Gasteiger partial charge is 0.479 e. The maximum absolute atomic E-state index is 11.7. The molecule has 0 saturated heterocycles. The predicted molar refractivity (Wildman–Crippen MR) is 110 cm³/mol. The first kappa shape index (κ1) is 26.9. The SMILES string of the molecule is CC(C)(C)CC(C)(C)COC(C(=O)O)C(OCC(C)(C)CC(C)(C)C)C(=O)O. The number of carbonyl (C=O) groups is 2. The molecule has 2 N–H and O–H groups in total. The van der Waals surface area contributed by atoms with Crippen LogP contribution in [0.1, 0.15) is 82.1 Å². The van der Waals surface area contributed by atoms with Crippen molar-refractivity contribution >= 4 is 11.9 Å². The highest BCUT2D eigenvalue weighted by molar-refractivity contribution is 5.83. The summed E-state index contributed by atoms with van der Waals surface area (Å²) >= 11 is 0. The van der Waals surface area contributed by atoms with Gasteiger partial charge in [-0.3, -0.25) is 0 Å². The third-order valence-corrected chi connectivity index (χ3v) is 4.09. The van der Waals surface area contributed by atoms with Gasteiger partial charge in [0.15, 0.2) is 12.2 Å². The average Bonchev–Trinajstić information content (AvgIpc) is 2.35. The molecular formula is C22H42O6. The standard InChI is InChI=1S/C22H42O6/c1-19(2,3)11-21(7,8)13-27-15(17(23)24)16(18(25)26)28-14-22(9,10)12-20(4,5)6/h15-16H,11-14H2,1-10H3,(H,23,24)(H,25,26). The summed E-state index contributed by atoms with van der Waals surface area (Å²) in [7, 11) is 0. The Morgan fingerprint density at radius 1 is 0.643 bits per heavy atom. The van der Waals surface area contributed by atoms with Gasteiger partial charge in [-0.05, 0) is 34.5 Å². The average molecular weight is 403 g/mol. The zero-order valence-corrected chi connectivity index (χ0v) is 19.5. The molecule has 0 radical (unpaired) electrons. The Morgan fingerprint density at radius 2 is 0.893 bits per heavy atom. The van der Waals surface area contributed by atoms with Crippen molar-refractivity contribution in [1.29, 1.82) is 0 Å². The van der Waals surface area contributed by atoms with E-state index in [-0.39, 0.29) is 34.9 Å². The first-order chi connectivity index (χ1) is 12.2. The summed E-state index contributed by atoms with van der Waals surface area (Å²) in [5.41, 5.74) is -0.489. The van der Waals surface area contributed by atoms with E-state index in [0.717, 1.165) is 12.8 Å². The molecule has 0 aromatic rings. The lowest BCUT2D eigenvalue weighted by atomic mass is 9.76. The fourth-order valence-electron chi connectivity index (χ4n) is 4.18. The van der Waals surface area contributed by atoms with Gasteiger partial charge < -0.3 is 19.7 Å². The van der Waals surface area contributed by atoms with Crippen LogP contribution in [-0.4, -0.2) is 47.6 Å². The first-order valence-corrected chi connectivity index (χ1v) is 9.94. The van der Waals surface area contributed by atoms with E-state index in [4.69, 9.17) is 9.47 Å². The normalized spacial score (nSPS) is 15.9. The minimum Gasteiger partial charge on any atom is -0.479 e. The second-order valence-corrected chi connectivity index (χ2v) is 11.9. The van der Waals surface area contributed by atoms with Crippen LogP contribution in [0.4, 0.5) is 0 Å². The zero-order valence-electron chi connectivity index (χ0n) is 19.5. The molecular weight excluding hydrogens is 360 g/mol. The van der Waals surface area contributed by atoms with Gasteiger partial charge in [0, 0.05) is 0 Å². The quantitative estimate of drug-likeness (QED) is 0.513. The fourth-order valence-corrected chi connectivity index (χ4v) is 4.18. The van der Waals surface area contributed by atoms with Gasteiger partial charge in [-0.15, -0.1) is 0 Å². The molecule has 0 heterocycles. The van der Waals surface area contributed by atoms with E-state index < -0.39 is 24.1 Å². The number of rotatable bonds is 11.